The van der Waals surface area contributed by atoms with E-state index in [1.165, 1.54) is 12.1 Å². The van der Waals surface area contributed by atoms with Gasteiger partial charge in [-0.1, -0.05) is 23.7 Å². The molecule has 9 heteroatoms. The summed E-state index contributed by atoms with van der Waals surface area (Å²) >= 11 is 5.51. The average molecular weight is 338 g/mol. The van der Waals surface area contributed by atoms with Crippen molar-refractivity contribution in [1.82, 2.24) is 4.98 Å². The number of hydrogen-bond acceptors (Lipinski definition) is 4. The van der Waals surface area contributed by atoms with E-state index in [9.17, 15) is 21.6 Å². The molecule has 2 rings (SSSR count). The van der Waals surface area contributed by atoms with Gasteiger partial charge >= 0.3 is 16.3 Å². The highest BCUT2D eigenvalue weighted by Gasteiger charge is 2.35. The highest BCUT2D eigenvalue weighted by Crippen LogP contribution is 2.37. The van der Waals surface area contributed by atoms with E-state index < -0.39 is 32.5 Å². The molecule has 1 aromatic carbocycles. The highest BCUT2D eigenvalue weighted by molar-refractivity contribution is 7.87. The van der Waals surface area contributed by atoms with Crippen molar-refractivity contribution >= 4 is 21.7 Å². The van der Waals surface area contributed by atoms with Gasteiger partial charge in [0.2, 0.25) is 0 Å². The van der Waals surface area contributed by atoms with Gasteiger partial charge in [0.15, 0.2) is 5.75 Å². The summed E-state index contributed by atoms with van der Waals surface area (Å²) in [6.45, 7) is 0. The molecule has 112 valence electrons. The SMILES string of the molecule is O=S(=O)(Oc1ccccc1C(F)(F)F)c1ccc(Cl)nc1. The molecule has 0 aliphatic rings. The molecule has 1 aromatic heterocycles. The zero-order chi connectivity index (χ0) is 15.7. The van der Waals surface area contributed by atoms with Crippen molar-refractivity contribution in [3.63, 3.8) is 0 Å². The van der Waals surface area contributed by atoms with Crippen molar-refractivity contribution in [2.45, 2.75) is 11.1 Å². The van der Waals surface area contributed by atoms with Crippen LogP contribution in [0.1, 0.15) is 5.56 Å². The zero-order valence-corrected chi connectivity index (χ0v) is 11.7. The number of rotatable bonds is 3. The largest absolute Gasteiger partial charge is 0.420 e. The van der Waals surface area contributed by atoms with Gasteiger partial charge in [-0.2, -0.15) is 21.6 Å². The number of hydrogen-bond donors (Lipinski definition) is 0. The topological polar surface area (TPSA) is 56.3 Å². The molecule has 0 N–H and O–H groups in total. The minimum absolute atomic E-state index is 0.0460. The third-order valence-electron chi connectivity index (χ3n) is 2.38. The molecule has 4 nitrogen and oxygen atoms in total. The highest BCUT2D eigenvalue weighted by atomic mass is 35.5. The summed E-state index contributed by atoms with van der Waals surface area (Å²) < 4.78 is 66.7. The van der Waals surface area contributed by atoms with E-state index in [0.717, 1.165) is 30.5 Å². The Balaban J connectivity index is 2.40. The van der Waals surface area contributed by atoms with Crippen molar-refractivity contribution in [2.24, 2.45) is 0 Å². The summed E-state index contributed by atoms with van der Waals surface area (Å²) in [7, 11) is -4.43. The number of alkyl halides is 3. The average Bonchev–Trinajstić information content (AvgIpc) is 2.38. The molecule has 0 amide bonds. The van der Waals surface area contributed by atoms with Crippen molar-refractivity contribution in [3.8, 4) is 5.75 Å². The molecule has 0 saturated carbocycles. The first-order valence-electron chi connectivity index (χ1n) is 5.42. The lowest BCUT2D eigenvalue weighted by atomic mass is 10.2. The standard InChI is InChI=1S/C12H7ClF3NO3S/c13-11-6-5-8(7-17-11)21(18,19)20-10-4-2-1-3-9(10)12(14,15)16/h1-7H. The predicted octanol–water partition coefficient (Wildman–Crippen LogP) is 3.52. The van der Waals surface area contributed by atoms with E-state index in [1.807, 2.05) is 0 Å². The van der Waals surface area contributed by atoms with E-state index >= 15 is 0 Å². The van der Waals surface area contributed by atoms with E-state index in [1.54, 1.807) is 0 Å². The fourth-order valence-corrected chi connectivity index (χ4v) is 2.46. The lowest BCUT2D eigenvalue weighted by molar-refractivity contribution is -0.138. The molecule has 0 unspecified atom stereocenters. The molecule has 0 aliphatic heterocycles. The van der Waals surface area contributed by atoms with Crippen molar-refractivity contribution in [3.05, 3.63) is 53.3 Å². The molecule has 0 fully saturated rings. The zero-order valence-electron chi connectivity index (χ0n) is 10.1. The lowest BCUT2D eigenvalue weighted by Crippen LogP contribution is -2.14. The first-order valence-corrected chi connectivity index (χ1v) is 7.21. The Labute approximate surface area is 123 Å². The van der Waals surface area contributed by atoms with Crippen LogP contribution in [0.5, 0.6) is 5.75 Å². The fourth-order valence-electron chi connectivity index (χ4n) is 1.45. The van der Waals surface area contributed by atoms with Gasteiger partial charge in [0, 0.05) is 0 Å². The summed E-state index contributed by atoms with van der Waals surface area (Å²) in [5.74, 6) is -0.806. The normalized spacial score (nSPS) is 12.2. The molecule has 2 aromatic rings. The number of nitrogens with zero attached hydrogens (tertiary/aromatic N) is 1. The Kier molecular flexibility index (Phi) is 4.11. The van der Waals surface area contributed by atoms with Gasteiger partial charge in [0.1, 0.15) is 10.0 Å². The summed E-state index contributed by atoms with van der Waals surface area (Å²) in [5.41, 5.74) is -1.18. The lowest BCUT2D eigenvalue weighted by Gasteiger charge is -2.13. The van der Waals surface area contributed by atoms with E-state index in [2.05, 4.69) is 9.17 Å². The third kappa shape index (κ3) is 3.64. The number of aromatic nitrogens is 1. The second kappa shape index (κ2) is 5.53. The van der Waals surface area contributed by atoms with Gasteiger partial charge in [-0.3, -0.25) is 0 Å². The van der Waals surface area contributed by atoms with Crippen LogP contribution >= 0.6 is 11.6 Å². The van der Waals surface area contributed by atoms with E-state index in [0.29, 0.717) is 0 Å². The van der Waals surface area contributed by atoms with Gasteiger partial charge in [-0.25, -0.2) is 4.98 Å². The van der Waals surface area contributed by atoms with Crippen LogP contribution in [0, 0.1) is 0 Å². The smallest absolute Gasteiger partial charge is 0.378 e. The Morgan fingerprint density at radius 2 is 1.76 bits per heavy atom. The Hall–Kier alpha value is -1.80. The molecular weight excluding hydrogens is 331 g/mol. The van der Waals surface area contributed by atoms with Gasteiger partial charge in [-0.05, 0) is 24.3 Å². The van der Waals surface area contributed by atoms with Crippen LogP contribution in [0.25, 0.3) is 0 Å². The Morgan fingerprint density at radius 1 is 1.10 bits per heavy atom. The fraction of sp³-hybridized carbons (Fsp3) is 0.0833. The van der Waals surface area contributed by atoms with Gasteiger partial charge in [-0.15, -0.1) is 0 Å². The molecular formula is C12H7ClF3NO3S. The van der Waals surface area contributed by atoms with Crippen LogP contribution in [0.4, 0.5) is 13.2 Å². The second-order valence-corrected chi connectivity index (χ2v) is 5.78. The number of halogens is 4. The number of benzene rings is 1. The third-order valence-corrected chi connectivity index (χ3v) is 3.82. The summed E-state index contributed by atoms with van der Waals surface area (Å²) in [4.78, 5) is 3.14. The van der Waals surface area contributed by atoms with Crippen molar-refractivity contribution in [1.29, 1.82) is 0 Å². The maximum Gasteiger partial charge on any atom is 0.420 e. The minimum Gasteiger partial charge on any atom is -0.378 e. The summed E-state index contributed by atoms with van der Waals surface area (Å²) in [6.07, 6.45) is -3.84. The molecule has 0 saturated heterocycles. The molecule has 0 spiro atoms. The van der Waals surface area contributed by atoms with Crippen LogP contribution in [0.2, 0.25) is 5.15 Å². The van der Waals surface area contributed by atoms with Crippen LogP contribution < -0.4 is 4.18 Å². The van der Waals surface area contributed by atoms with Crippen molar-refractivity contribution in [2.75, 3.05) is 0 Å². The molecule has 0 aliphatic carbocycles. The molecule has 0 radical (unpaired) electrons. The van der Waals surface area contributed by atoms with Crippen LogP contribution in [0.3, 0.4) is 0 Å². The number of para-hydroxylation sites is 1. The van der Waals surface area contributed by atoms with Gasteiger partial charge in [0.05, 0.1) is 11.8 Å². The quantitative estimate of drug-likeness (QED) is 0.635. The monoisotopic (exact) mass is 337 g/mol. The summed E-state index contributed by atoms with van der Waals surface area (Å²) in [5, 5.41) is 0.0460. The maximum atomic E-state index is 12.8. The molecule has 1 heterocycles. The maximum absolute atomic E-state index is 12.8. The predicted molar refractivity (Wildman–Crippen MR) is 68.5 cm³/mol. The first-order chi connectivity index (χ1) is 9.70. The van der Waals surface area contributed by atoms with Crippen molar-refractivity contribution < 1.29 is 25.8 Å². The van der Waals surface area contributed by atoms with E-state index in [-0.39, 0.29) is 5.15 Å². The van der Waals surface area contributed by atoms with Gasteiger partial charge < -0.3 is 4.18 Å². The number of pyridine rings is 1. The van der Waals surface area contributed by atoms with E-state index in [4.69, 9.17) is 11.6 Å². The Bertz CT molecular complexity index is 745. The first kappa shape index (κ1) is 15.6. The molecule has 21 heavy (non-hydrogen) atoms. The molecule has 0 bridgehead atoms. The molecule has 0 atom stereocenters. The van der Waals surface area contributed by atoms with Crippen LogP contribution in [0.15, 0.2) is 47.5 Å². The second-order valence-electron chi connectivity index (χ2n) is 3.85. The van der Waals surface area contributed by atoms with Gasteiger partial charge in [0.25, 0.3) is 0 Å². The Morgan fingerprint density at radius 3 is 2.33 bits per heavy atom. The minimum atomic E-state index is -4.73. The summed E-state index contributed by atoms with van der Waals surface area (Å²) in [6, 6.07) is 6.29. The van der Waals surface area contributed by atoms with Crippen LogP contribution in [-0.4, -0.2) is 13.4 Å². The van der Waals surface area contributed by atoms with Crippen LogP contribution in [-0.2, 0) is 16.3 Å².